The molecule has 0 radical (unpaired) electrons. The highest BCUT2D eigenvalue weighted by molar-refractivity contribution is 7.09. The molecule has 1 rings (SSSR count). The fourth-order valence-corrected chi connectivity index (χ4v) is 1.91. The summed E-state index contributed by atoms with van der Waals surface area (Å²) < 4.78 is 4.34. The van der Waals surface area contributed by atoms with Crippen molar-refractivity contribution in [1.82, 2.24) is 9.36 Å². The van der Waals surface area contributed by atoms with Crippen LogP contribution in [0, 0.1) is 0 Å². The Morgan fingerprint density at radius 1 is 1.06 bits per heavy atom. The third-order valence-electron chi connectivity index (χ3n) is 3.05. The Balaban J connectivity index is 2.87. The summed E-state index contributed by atoms with van der Waals surface area (Å²) in [5, 5.41) is 14.1. The van der Waals surface area contributed by atoms with Crippen LogP contribution in [0.5, 0.6) is 0 Å². The van der Waals surface area contributed by atoms with E-state index in [4.69, 9.17) is 0 Å². The number of aromatic nitrogens is 2. The molecule has 0 spiro atoms. The van der Waals surface area contributed by atoms with Gasteiger partial charge in [-0.05, 0) is 27.7 Å². The fraction of sp³-hybridized carbons (Fsp3) is 0.833. The molecule has 2 N–H and O–H groups in total. The second-order valence-corrected chi connectivity index (χ2v) is 7.23. The van der Waals surface area contributed by atoms with Crippen LogP contribution in [0.1, 0.15) is 54.3 Å². The SMILES string of the molecule is CC(C)(C)c1nsc(NC(C)(C)C(C)(C)O)n1. The van der Waals surface area contributed by atoms with Gasteiger partial charge in [0.2, 0.25) is 5.13 Å². The third kappa shape index (κ3) is 3.39. The quantitative estimate of drug-likeness (QED) is 0.874. The molecule has 0 amide bonds. The summed E-state index contributed by atoms with van der Waals surface area (Å²) in [6.45, 7) is 13.7. The van der Waals surface area contributed by atoms with Crippen molar-refractivity contribution in [3.8, 4) is 0 Å². The van der Waals surface area contributed by atoms with Gasteiger partial charge < -0.3 is 10.4 Å². The van der Waals surface area contributed by atoms with Crippen LogP contribution in [0.3, 0.4) is 0 Å². The van der Waals surface area contributed by atoms with Crippen LogP contribution in [0.2, 0.25) is 0 Å². The fourth-order valence-electron chi connectivity index (χ4n) is 0.999. The minimum Gasteiger partial charge on any atom is -0.388 e. The summed E-state index contributed by atoms with van der Waals surface area (Å²) in [5.74, 6) is 0.830. The third-order valence-corrected chi connectivity index (χ3v) is 3.68. The Morgan fingerprint density at radius 2 is 1.59 bits per heavy atom. The Bertz CT molecular complexity index is 385. The van der Waals surface area contributed by atoms with E-state index in [0.29, 0.717) is 0 Å². The number of hydrogen-bond acceptors (Lipinski definition) is 5. The molecule has 5 heteroatoms. The maximum absolute atomic E-state index is 10.1. The molecule has 0 atom stereocenters. The molecule has 0 fully saturated rings. The number of anilines is 1. The van der Waals surface area contributed by atoms with Crippen LogP contribution in [0.25, 0.3) is 0 Å². The zero-order valence-electron chi connectivity index (χ0n) is 11.7. The first-order chi connectivity index (χ1) is 7.43. The molecule has 17 heavy (non-hydrogen) atoms. The minimum absolute atomic E-state index is 0.0463. The number of aliphatic hydroxyl groups is 1. The standard InChI is InChI=1S/C12H23N3OS/c1-10(2,3)8-13-9(17-15-8)14-11(4,5)12(6,7)16/h16H,1-7H3,(H,13,14,15). The molecular weight excluding hydrogens is 234 g/mol. The molecule has 0 saturated carbocycles. The highest BCUT2D eigenvalue weighted by atomic mass is 32.1. The Hall–Kier alpha value is -0.680. The molecule has 0 saturated heterocycles. The maximum atomic E-state index is 10.1. The highest BCUT2D eigenvalue weighted by Crippen LogP contribution is 2.29. The molecule has 4 nitrogen and oxygen atoms in total. The molecule has 98 valence electrons. The van der Waals surface area contributed by atoms with E-state index in [-0.39, 0.29) is 5.41 Å². The first kappa shape index (κ1) is 14.4. The average Bonchev–Trinajstić information content (AvgIpc) is 2.48. The van der Waals surface area contributed by atoms with Gasteiger partial charge in [-0.25, -0.2) is 4.98 Å². The molecule has 0 bridgehead atoms. The molecule has 1 aromatic heterocycles. The van der Waals surface area contributed by atoms with Gasteiger partial charge in [0.05, 0.1) is 11.1 Å². The second kappa shape index (κ2) is 4.21. The van der Waals surface area contributed by atoms with Crippen molar-refractivity contribution < 1.29 is 5.11 Å². The van der Waals surface area contributed by atoms with Gasteiger partial charge in [-0.2, -0.15) is 4.37 Å². The first-order valence-corrected chi connectivity index (χ1v) is 6.55. The van der Waals surface area contributed by atoms with Crippen LogP contribution in [-0.2, 0) is 5.41 Å². The van der Waals surface area contributed by atoms with Crippen LogP contribution >= 0.6 is 11.5 Å². The Kier molecular flexibility index (Phi) is 3.56. The van der Waals surface area contributed by atoms with E-state index in [2.05, 4.69) is 35.4 Å². The van der Waals surface area contributed by atoms with Crippen LogP contribution < -0.4 is 5.32 Å². The number of nitrogens with zero attached hydrogens (tertiary/aromatic N) is 2. The Morgan fingerprint density at radius 3 is 1.94 bits per heavy atom. The number of hydrogen-bond donors (Lipinski definition) is 2. The van der Waals surface area contributed by atoms with E-state index >= 15 is 0 Å². The first-order valence-electron chi connectivity index (χ1n) is 5.78. The van der Waals surface area contributed by atoms with E-state index < -0.39 is 11.1 Å². The van der Waals surface area contributed by atoms with E-state index in [0.717, 1.165) is 11.0 Å². The van der Waals surface area contributed by atoms with Gasteiger partial charge in [-0.15, -0.1) is 0 Å². The molecular formula is C12H23N3OS. The molecule has 0 aliphatic rings. The maximum Gasteiger partial charge on any atom is 0.203 e. The van der Waals surface area contributed by atoms with Gasteiger partial charge in [-0.3, -0.25) is 0 Å². The molecule has 0 unspecified atom stereocenters. The van der Waals surface area contributed by atoms with Gasteiger partial charge >= 0.3 is 0 Å². The molecule has 1 aromatic rings. The van der Waals surface area contributed by atoms with Crippen molar-refractivity contribution in [2.24, 2.45) is 0 Å². The summed E-state index contributed by atoms with van der Waals surface area (Å²) in [6.07, 6.45) is 0. The smallest absolute Gasteiger partial charge is 0.203 e. The second-order valence-electron chi connectivity index (χ2n) is 6.48. The molecule has 0 aromatic carbocycles. The minimum atomic E-state index is -0.833. The predicted octanol–water partition coefficient (Wildman–Crippen LogP) is 2.80. The summed E-state index contributed by atoms with van der Waals surface area (Å²) in [6, 6.07) is 0. The zero-order valence-corrected chi connectivity index (χ0v) is 12.6. The lowest BCUT2D eigenvalue weighted by Crippen LogP contribution is -2.51. The van der Waals surface area contributed by atoms with Crippen LogP contribution in [-0.4, -0.2) is 25.6 Å². The van der Waals surface area contributed by atoms with Gasteiger partial charge in [0.1, 0.15) is 5.82 Å². The number of nitrogens with one attached hydrogen (secondary N) is 1. The van der Waals surface area contributed by atoms with Crippen molar-refractivity contribution >= 4 is 16.7 Å². The molecule has 1 heterocycles. The van der Waals surface area contributed by atoms with Crippen molar-refractivity contribution in [3.63, 3.8) is 0 Å². The van der Waals surface area contributed by atoms with Crippen LogP contribution in [0.15, 0.2) is 0 Å². The summed E-state index contributed by atoms with van der Waals surface area (Å²) >= 11 is 1.34. The van der Waals surface area contributed by atoms with Crippen molar-refractivity contribution in [3.05, 3.63) is 5.82 Å². The summed E-state index contributed by atoms with van der Waals surface area (Å²) in [5.41, 5.74) is -1.34. The Labute approximate surface area is 108 Å². The summed E-state index contributed by atoms with van der Waals surface area (Å²) in [7, 11) is 0. The average molecular weight is 257 g/mol. The summed E-state index contributed by atoms with van der Waals surface area (Å²) in [4.78, 5) is 4.47. The van der Waals surface area contributed by atoms with E-state index in [1.54, 1.807) is 13.8 Å². The lowest BCUT2D eigenvalue weighted by molar-refractivity contribution is 0.0240. The largest absolute Gasteiger partial charge is 0.388 e. The van der Waals surface area contributed by atoms with Crippen molar-refractivity contribution in [1.29, 1.82) is 0 Å². The molecule has 0 aliphatic heterocycles. The van der Waals surface area contributed by atoms with Gasteiger partial charge in [-0.1, -0.05) is 20.8 Å². The topological polar surface area (TPSA) is 58.0 Å². The monoisotopic (exact) mass is 257 g/mol. The van der Waals surface area contributed by atoms with E-state index in [9.17, 15) is 5.11 Å². The van der Waals surface area contributed by atoms with Crippen LogP contribution in [0.4, 0.5) is 5.13 Å². The van der Waals surface area contributed by atoms with Crippen molar-refractivity contribution in [2.75, 3.05) is 5.32 Å². The van der Waals surface area contributed by atoms with Crippen molar-refractivity contribution in [2.45, 2.75) is 65.0 Å². The normalized spacial score (nSPS) is 13.9. The highest BCUT2D eigenvalue weighted by Gasteiger charge is 2.36. The predicted molar refractivity (Wildman–Crippen MR) is 72.6 cm³/mol. The van der Waals surface area contributed by atoms with Gasteiger partial charge in [0.15, 0.2) is 0 Å². The zero-order chi connectivity index (χ0) is 13.5. The molecule has 0 aliphatic carbocycles. The van der Waals surface area contributed by atoms with Gasteiger partial charge in [0, 0.05) is 16.9 Å². The van der Waals surface area contributed by atoms with Gasteiger partial charge in [0.25, 0.3) is 0 Å². The lowest BCUT2D eigenvalue weighted by atomic mass is 9.86. The van der Waals surface area contributed by atoms with E-state index in [1.165, 1.54) is 11.5 Å². The number of rotatable bonds is 3. The van der Waals surface area contributed by atoms with E-state index in [1.807, 2.05) is 13.8 Å². The lowest BCUT2D eigenvalue weighted by Gasteiger charge is -2.37.